The van der Waals surface area contributed by atoms with E-state index in [0.717, 1.165) is 17.1 Å². The smallest absolute Gasteiger partial charge is 0.378 e. The highest BCUT2D eigenvalue weighted by molar-refractivity contribution is 6.03. The second-order valence-electron chi connectivity index (χ2n) is 9.75. The van der Waals surface area contributed by atoms with Gasteiger partial charge in [0.25, 0.3) is 11.8 Å². The van der Waals surface area contributed by atoms with E-state index in [0.29, 0.717) is 43.0 Å². The fraction of sp³-hybridized carbons (Fsp3) is 0.423. The van der Waals surface area contributed by atoms with E-state index in [1.54, 1.807) is 24.3 Å². The van der Waals surface area contributed by atoms with Crippen LogP contribution < -0.4 is 16.4 Å². The highest BCUT2D eigenvalue weighted by Crippen LogP contribution is 2.36. The van der Waals surface area contributed by atoms with Crippen LogP contribution in [-0.4, -0.2) is 56.4 Å². The first-order valence-electron chi connectivity index (χ1n) is 12.4. The average Bonchev–Trinajstić information content (AvgIpc) is 3.46. The molecule has 40 heavy (non-hydrogen) atoms. The highest BCUT2D eigenvalue weighted by Gasteiger charge is 2.38. The van der Waals surface area contributed by atoms with Gasteiger partial charge < -0.3 is 25.7 Å². The fourth-order valence-electron chi connectivity index (χ4n) is 3.88. The summed E-state index contributed by atoms with van der Waals surface area (Å²) in [5, 5.41) is 17.8. The first-order chi connectivity index (χ1) is 18.7. The van der Waals surface area contributed by atoms with Gasteiger partial charge in [-0.2, -0.15) is 23.5 Å². The molecule has 3 aromatic rings. The highest BCUT2D eigenvalue weighted by atomic mass is 19.4. The Morgan fingerprint density at radius 1 is 1.23 bits per heavy atom. The minimum absolute atomic E-state index is 0.00179. The number of ether oxygens (including phenoxy) is 1. The zero-order valence-corrected chi connectivity index (χ0v) is 22.6. The van der Waals surface area contributed by atoms with Crippen LogP contribution in [0.3, 0.4) is 0 Å². The molecule has 2 aromatic heterocycles. The summed E-state index contributed by atoms with van der Waals surface area (Å²) in [6.45, 7) is 6.11. The number of hydrogen-bond donors (Lipinski definition) is 3. The number of carbonyl (C=O) groups is 2. The predicted octanol–water partition coefficient (Wildman–Crippen LogP) is 3.12. The van der Waals surface area contributed by atoms with Crippen LogP contribution in [0.2, 0.25) is 0 Å². The molecule has 1 aromatic carbocycles. The van der Waals surface area contributed by atoms with Crippen molar-refractivity contribution in [3.63, 3.8) is 0 Å². The van der Waals surface area contributed by atoms with Crippen molar-refractivity contribution in [2.45, 2.75) is 45.5 Å². The van der Waals surface area contributed by atoms with Crippen LogP contribution in [0.25, 0.3) is 11.3 Å². The maximum Gasteiger partial charge on any atom is 0.435 e. The molecular formula is C26H31F3N8O3. The molecule has 0 unspecified atom stereocenters. The van der Waals surface area contributed by atoms with Crippen molar-refractivity contribution in [2.75, 3.05) is 25.1 Å². The first kappa shape index (κ1) is 30.3. The Balaban J connectivity index is 1.74. The number of nitrogens with zero attached hydrogens (tertiary/aromatic N) is 5. The molecule has 0 bridgehead atoms. The van der Waals surface area contributed by atoms with Gasteiger partial charge in [-0.05, 0) is 44.0 Å². The van der Waals surface area contributed by atoms with E-state index in [1.165, 1.54) is 11.6 Å². The molecule has 214 valence electrons. The van der Waals surface area contributed by atoms with E-state index in [-0.39, 0.29) is 29.5 Å². The Morgan fingerprint density at radius 2 is 1.95 bits per heavy atom. The zero-order chi connectivity index (χ0) is 29.7. The van der Waals surface area contributed by atoms with Crippen LogP contribution in [0.4, 0.5) is 18.9 Å². The summed E-state index contributed by atoms with van der Waals surface area (Å²) in [4.78, 5) is 29.7. The van der Waals surface area contributed by atoms with Gasteiger partial charge in [0.15, 0.2) is 11.5 Å². The number of carbonyl (C=O) groups excluding carboxylic acids is 2. The van der Waals surface area contributed by atoms with Crippen LogP contribution in [-0.2, 0) is 30.9 Å². The summed E-state index contributed by atoms with van der Waals surface area (Å²) in [6, 6.07) is 6.53. The number of rotatable bonds is 11. The normalized spacial score (nSPS) is 11.8. The summed E-state index contributed by atoms with van der Waals surface area (Å²) < 4.78 is 48.3. The lowest BCUT2D eigenvalue weighted by Gasteiger charge is -2.18. The van der Waals surface area contributed by atoms with Gasteiger partial charge >= 0.3 is 6.18 Å². The van der Waals surface area contributed by atoms with Gasteiger partial charge in [-0.15, -0.1) is 0 Å². The molecule has 2 heterocycles. The SMILES string of the molecule is CCc1cc(NC(=O)c2ncc(-c3cn(CC#N)nc3C(F)(F)F)n2C)ccc1C(=O)NCCOCC(C)(C)N. The van der Waals surface area contributed by atoms with Crippen LogP contribution in [0.15, 0.2) is 30.6 Å². The topological polar surface area (TPSA) is 153 Å². The zero-order valence-electron chi connectivity index (χ0n) is 22.6. The van der Waals surface area contributed by atoms with Crippen LogP contribution in [0.1, 0.15) is 53.0 Å². The number of nitrogens with two attached hydrogens (primary N) is 1. The van der Waals surface area contributed by atoms with E-state index in [2.05, 4.69) is 20.7 Å². The van der Waals surface area contributed by atoms with E-state index >= 15 is 0 Å². The Morgan fingerprint density at radius 3 is 2.58 bits per heavy atom. The molecule has 0 fully saturated rings. The lowest BCUT2D eigenvalue weighted by Crippen LogP contribution is -2.38. The predicted molar refractivity (Wildman–Crippen MR) is 140 cm³/mol. The van der Waals surface area contributed by atoms with Crippen molar-refractivity contribution in [3.8, 4) is 17.3 Å². The van der Waals surface area contributed by atoms with Crippen molar-refractivity contribution < 1.29 is 27.5 Å². The van der Waals surface area contributed by atoms with Gasteiger partial charge in [-0.25, -0.2) is 4.98 Å². The van der Waals surface area contributed by atoms with Gasteiger partial charge in [0, 0.05) is 36.6 Å². The summed E-state index contributed by atoms with van der Waals surface area (Å²) in [6.07, 6.45) is -2.04. The molecule has 3 rings (SSSR count). The molecule has 0 saturated heterocycles. The molecule has 11 nitrogen and oxygen atoms in total. The largest absolute Gasteiger partial charge is 0.435 e. The van der Waals surface area contributed by atoms with E-state index in [1.807, 2.05) is 20.8 Å². The second kappa shape index (κ2) is 12.3. The Kier molecular flexibility index (Phi) is 9.33. The number of aromatic nitrogens is 4. The fourth-order valence-corrected chi connectivity index (χ4v) is 3.88. The van der Waals surface area contributed by atoms with E-state index in [4.69, 9.17) is 15.7 Å². The Hall–Kier alpha value is -4.22. The third-order valence-electron chi connectivity index (χ3n) is 5.72. The summed E-state index contributed by atoms with van der Waals surface area (Å²) in [5.41, 5.74) is 5.40. The van der Waals surface area contributed by atoms with Crippen molar-refractivity contribution in [3.05, 3.63) is 53.2 Å². The van der Waals surface area contributed by atoms with Gasteiger partial charge in [0.1, 0.15) is 6.54 Å². The molecule has 0 saturated carbocycles. The minimum atomic E-state index is -4.78. The Bertz CT molecular complexity index is 1410. The lowest BCUT2D eigenvalue weighted by molar-refractivity contribution is -0.141. The molecule has 0 aliphatic rings. The maximum absolute atomic E-state index is 13.6. The second-order valence-corrected chi connectivity index (χ2v) is 9.75. The summed E-state index contributed by atoms with van der Waals surface area (Å²) in [5.74, 6) is -1.10. The number of nitriles is 1. The number of anilines is 1. The summed E-state index contributed by atoms with van der Waals surface area (Å²) >= 11 is 0. The molecule has 0 aliphatic heterocycles. The van der Waals surface area contributed by atoms with Crippen LogP contribution in [0, 0.1) is 11.3 Å². The number of benzene rings is 1. The number of amides is 2. The molecule has 2 amide bonds. The lowest BCUT2D eigenvalue weighted by atomic mass is 10.0. The average molecular weight is 561 g/mol. The van der Waals surface area contributed by atoms with Gasteiger partial charge in [-0.3, -0.25) is 14.3 Å². The third kappa shape index (κ3) is 7.45. The Labute approximate surface area is 229 Å². The quantitative estimate of drug-likeness (QED) is 0.305. The van der Waals surface area contributed by atoms with Gasteiger partial charge in [-0.1, -0.05) is 6.92 Å². The molecule has 0 atom stereocenters. The molecule has 4 N–H and O–H groups in total. The van der Waals surface area contributed by atoms with Crippen LogP contribution >= 0.6 is 0 Å². The molecule has 0 radical (unpaired) electrons. The molecule has 0 aliphatic carbocycles. The summed E-state index contributed by atoms with van der Waals surface area (Å²) in [7, 11) is 1.40. The molecule has 0 spiro atoms. The number of halogens is 3. The van der Waals surface area contributed by atoms with E-state index < -0.39 is 23.3 Å². The van der Waals surface area contributed by atoms with Crippen molar-refractivity contribution in [2.24, 2.45) is 12.8 Å². The number of imidazole rings is 1. The molecular weight excluding hydrogens is 529 g/mol. The number of alkyl halides is 3. The van der Waals surface area contributed by atoms with Crippen LogP contribution in [0.5, 0.6) is 0 Å². The first-order valence-corrected chi connectivity index (χ1v) is 12.4. The number of hydrogen-bond acceptors (Lipinski definition) is 7. The van der Waals surface area contributed by atoms with E-state index in [9.17, 15) is 22.8 Å². The minimum Gasteiger partial charge on any atom is -0.378 e. The maximum atomic E-state index is 13.6. The standard InChI is InChI=1S/C26H31F3N8O3/c1-5-16-12-17(6-7-18(16)23(38)32-9-11-40-15-25(2,3)31)34-24(39)22-33-13-20(36(22)4)19-14-37(10-8-30)35-21(19)26(27,28)29/h6-7,12-14H,5,9-11,15,31H2,1-4H3,(H,32,38)(H,34,39). The van der Waals surface area contributed by atoms with Crippen molar-refractivity contribution in [1.82, 2.24) is 24.6 Å². The van der Waals surface area contributed by atoms with Crippen molar-refractivity contribution in [1.29, 1.82) is 5.26 Å². The van der Waals surface area contributed by atoms with Gasteiger partial charge in [0.2, 0.25) is 0 Å². The van der Waals surface area contributed by atoms with Gasteiger partial charge in [0.05, 0.1) is 36.7 Å². The van der Waals surface area contributed by atoms with Crippen molar-refractivity contribution >= 4 is 17.5 Å². The number of nitrogens with one attached hydrogen (secondary N) is 2. The number of aryl methyl sites for hydroxylation is 1. The monoisotopic (exact) mass is 560 g/mol. The molecule has 14 heteroatoms. The third-order valence-corrected chi connectivity index (χ3v) is 5.72.